The van der Waals surface area contributed by atoms with Crippen molar-refractivity contribution in [3.8, 4) is 6.07 Å². The summed E-state index contributed by atoms with van der Waals surface area (Å²) in [4.78, 5) is 10.8. The maximum Gasteiger partial charge on any atom is 0.371 e. The first kappa shape index (κ1) is 14.2. The SMILES string of the molecule is CC(Nc1ccc(Br)cc1C#N)c1ccc(C(=O)O)o1. The summed E-state index contributed by atoms with van der Waals surface area (Å²) >= 11 is 3.30. The second-order valence-electron chi connectivity index (χ2n) is 4.17. The lowest BCUT2D eigenvalue weighted by atomic mass is 10.1. The third-order valence-electron chi connectivity index (χ3n) is 2.74. The summed E-state index contributed by atoms with van der Waals surface area (Å²) in [6, 6.07) is 10.2. The lowest BCUT2D eigenvalue weighted by molar-refractivity contribution is 0.0660. The van der Waals surface area contributed by atoms with Gasteiger partial charge in [0.1, 0.15) is 11.8 Å². The minimum Gasteiger partial charge on any atom is -0.475 e. The largest absolute Gasteiger partial charge is 0.475 e. The Morgan fingerprint density at radius 1 is 1.45 bits per heavy atom. The van der Waals surface area contributed by atoms with Gasteiger partial charge in [-0.2, -0.15) is 5.26 Å². The van der Waals surface area contributed by atoms with Gasteiger partial charge in [0.25, 0.3) is 0 Å². The van der Waals surface area contributed by atoms with Crippen molar-refractivity contribution in [1.82, 2.24) is 0 Å². The highest BCUT2D eigenvalue weighted by molar-refractivity contribution is 9.10. The van der Waals surface area contributed by atoms with Gasteiger partial charge in [0.05, 0.1) is 17.3 Å². The van der Waals surface area contributed by atoms with Crippen molar-refractivity contribution < 1.29 is 14.3 Å². The molecule has 0 aliphatic carbocycles. The van der Waals surface area contributed by atoms with Gasteiger partial charge in [-0.25, -0.2) is 4.79 Å². The first-order valence-corrected chi connectivity index (χ1v) is 6.59. The number of anilines is 1. The molecule has 0 radical (unpaired) electrons. The highest BCUT2D eigenvalue weighted by Crippen LogP contribution is 2.25. The van der Waals surface area contributed by atoms with E-state index in [1.165, 1.54) is 6.07 Å². The zero-order valence-electron chi connectivity index (χ0n) is 10.6. The van der Waals surface area contributed by atoms with E-state index in [4.69, 9.17) is 14.8 Å². The van der Waals surface area contributed by atoms with Crippen LogP contribution < -0.4 is 5.32 Å². The van der Waals surface area contributed by atoms with Crippen molar-refractivity contribution in [1.29, 1.82) is 5.26 Å². The summed E-state index contributed by atoms with van der Waals surface area (Å²) in [5.74, 6) is -0.719. The lowest BCUT2D eigenvalue weighted by Gasteiger charge is -2.14. The van der Waals surface area contributed by atoms with Gasteiger partial charge in [0.2, 0.25) is 5.76 Å². The van der Waals surface area contributed by atoms with Crippen LogP contribution in [0.15, 0.2) is 39.2 Å². The highest BCUT2D eigenvalue weighted by atomic mass is 79.9. The Hall–Kier alpha value is -2.26. The van der Waals surface area contributed by atoms with Gasteiger partial charge in [-0.05, 0) is 37.3 Å². The van der Waals surface area contributed by atoms with Crippen molar-refractivity contribution in [2.24, 2.45) is 0 Å². The molecule has 1 heterocycles. The number of aromatic carboxylic acids is 1. The number of carboxylic acids is 1. The summed E-state index contributed by atoms with van der Waals surface area (Å²) in [5, 5.41) is 21.0. The molecule has 1 atom stereocenters. The number of carbonyl (C=O) groups is 1. The van der Waals surface area contributed by atoms with Crippen molar-refractivity contribution >= 4 is 27.6 Å². The number of benzene rings is 1. The van der Waals surface area contributed by atoms with E-state index in [2.05, 4.69) is 27.3 Å². The number of carboxylic acid groups (broad SMARTS) is 1. The van der Waals surface area contributed by atoms with E-state index in [9.17, 15) is 4.79 Å². The Labute approximate surface area is 124 Å². The van der Waals surface area contributed by atoms with E-state index in [-0.39, 0.29) is 11.8 Å². The molecule has 0 aliphatic heterocycles. The van der Waals surface area contributed by atoms with E-state index >= 15 is 0 Å². The zero-order valence-corrected chi connectivity index (χ0v) is 12.1. The lowest BCUT2D eigenvalue weighted by Crippen LogP contribution is -2.07. The van der Waals surface area contributed by atoms with E-state index in [1.54, 1.807) is 18.2 Å². The van der Waals surface area contributed by atoms with Crippen LogP contribution in [0.25, 0.3) is 0 Å². The molecule has 2 rings (SSSR count). The average molecular weight is 335 g/mol. The molecule has 0 saturated heterocycles. The van der Waals surface area contributed by atoms with Crippen LogP contribution in [0.1, 0.15) is 34.8 Å². The Morgan fingerprint density at radius 3 is 2.80 bits per heavy atom. The molecule has 1 aromatic heterocycles. The van der Waals surface area contributed by atoms with Crippen molar-refractivity contribution in [2.45, 2.75) is 13.0 Å². The fourth-order valence-electron chi connectivity index (χ4n) is 1.74. The van der Waals surface area contributed by atoms with Gasteiger partial charge < -0.3 is 14.8 Å². The minimum absolute atomic E-state index is 0.107. The van der Waals surface area contributed by atoms with Crippen LogP contribution in [0.4, 0.5) is 5.69 Å². The second-order valence-corrected chi connectivity index (χ2v) is 5.09. The van der Waals surface area contributed by atoms with Gasteiger partial charge in [-0.1, -0.05) is 15.9 Å². The summed E-state index contributed by atoms with van der Waals surface area (Å²) in [7, 11) is 0. The van der Waals surface area contributed by atoms with Gasteiger partial charge in [-0.15, -0.1) is 0 Å². The quantitative estimate of drug-likeness (QED) is 0.888. The topological polar surface area (TPSA) is 86.3 Å². The molecule has 0 spiro atoms. The number of hydrogen-bond donors (Lipinski definition) is 2. The number of halogens is 1. The summed E-state index contributed by atoms with van der Waals surface area (Å²) < 4.78 is 6.04. The van der Waals surface area contributed by atoms with E-state index in [0.29, 0.717) is 17.0 Å². The van der Waals surface area contributed by atoms with Crippen LogP contribution in [-0.4, -0.2) is 11.1 Å². The number of rotatable bonds is 4. The van der Waals surface area contributed by atoms with Gasteiger partial charge in [0, 0.05) is 4.47 Å². The Morgan fingerprint density at radius 2 is 2.20 bits per heavy atom. The molecular formula is C14H11BrN2O3. The molecule has 0 aliphatic rings. The number of nitriles is 1. The fraction of sp³-hybridized carbons (Fsp3) is 0.143. The molecule has 0 amide bonds. The van der Waals surface area contributed by atoms with Gasteiger partial charge in [-0.3, -0.25) is 0 Å². The van der Waals surface area contributed by atoms with Crippen LogP contribution in [0.3, 0.4) is 0 Å². The highest BCUT2D eigenvalue weighted by Gasteiger charge is 2.15. The molecule has 0 fully saturated rings. The summed E-state index contributed by atoms with van der Waals surface area (Å²) in [6.45, 7) is 1.83. The second kappa shape index (κ2) is 5.80. The van der Waals surface area contributed by atoms with Crippen LogP contribution in [0.5, 0.6) is 0 Å². The van der Waals surface area contributed by atoms with Gasteiger partial charge in [0.15, 0.2) is 0 Å². The first-order valence-electron chi connectivity index (χ1n) is 5.80. The molecular weight excluding hydrogens is 324 g/mol. The molecule has 0 saturated carbocycles. The minimum atomic E-state index is -1.11. The molecule has 5 nitrogen and oxygen atoms in total. The third kappa shape index (κ3) is 3.00. The zero-order chi connectivity index (χ0) is 14.7. The Kier molecular flexibility index (Phi) is 4.11. The Balaban J connectivity index is 2.21. The normalized spacial score (nSPS) is 11.7. The summed E-state index contributed by atoms with van der Waals surface area (Å²) in [6.07, 6.45) is 0. The van der Waals surface area contributed by atoms with E-state index in [1.807, 2.05) is 13.0 Å². The fourth-order valence-corrected chi connectivity index (χ4v) is 2.10. The number of hydrogen-bond acceptors (Lipinski definition) is 4. The first-order chi connectivity index (χ1) is 9.51. The smallest absolute Gasteiger partial charge is 0.371 e. The van der Waals surface area contributed by atoms with Crippen molar-refractivity contribution in [3.05, 3.63) is 51.9 Å². The van der Waals surface area contributed by atoms with E-state index < -0.39 is 5.97 Å². The number of nitrogens with zero attached hydrogens (tertiary/aromatic N) is 1. The number of furan rings is 1. The predicted octanol–water partition coefficient (Wildman–Crippen LogP) is 3.79. The maximum atomic E-state index is 10.8. The van der Waals surface area contributed by atoms with Gasteiger partial charge >= 0.3 is 5.97 Å². The molecule has 6 heteroatoms. The molecule has 0 bridgehead atoms. The van der Waals surface area contributed by atoms with Crippen LogP contribution in [0, 0.1) is 11.3 Å². The molecule has 1 unspecified atom stereocenters. The van der Waals surface area contributed by atoms with Crippen LogP contribution in [0.2, 0.25) is 0 Å². The van der Waals surface area contributed by atoms with Crippen LogP contribution >= 0.6 is 15.9 Å². The van der Waals surface area contributed by atoms with Crippen molar-refractivity contribution in [3.63, 3.8) is 0 Å². The van der Waals surface area contributed by atoms with Crippen molar-refractivity contribution in [2.75, 3.05) is 5.32 Å². The molecule has 2 N–H and O–H groups in total. The molecule has 2 aromatic rings. The predicted molar refractivity (Wildman–Crippen MR) is 76.6 cm³/mol. The Bertz CT molecular complexity index is 688. The monoisotopic (exact) mass is 334 g/mol. The maximum absolute atomic E-state index is 10.8. The average Bonchev–Trinajstić information content (AvgIpc) is 2.90. The standard InChI is InChI=1S/C14H11BrN2O3/c1-8(12-4-5-13(20-12)14(18)19)17-11-3-2-10(15)6-9(11)7-16/h2-6,8,17H,1H3,(H,18,19). The van der Waals surface area contributed by atoms with E-state index in [0.717, 1.165) is 4.47 Å². The molecule has 20 heavy (non-hydrogen) atoms. The molecule has 102 valence electrons. The summed E-state index contributed by atoms with van der Waals surface area (Å²) in [5.41, 5.74) is 1.16. The molecule has 1 aromatic carbocycles. The third-order valence-corrected chi connectivity index (χ3v) is 3.23. The number of nitrogens with one attached hydrogen (secondary N) is 1. The van der Waals surface area contributed by atoms with Crippen LogP contribution in [-0.2, 0) is 0 Å².